The molecule has 0 bridgehead atoms. The van der Waals surface area contributed by atoms with Crippen molar-refractivity contribution in [3.8, 4) is 0 Å². The third kappa shape index (κ3) is 4.78. The first-order valence-electron chi connectivity index (χ1n) is 8.80. The van der Waals surface area contributed by atoms with E-state index in [0.29, 0.717) is 11.2 Å². The topological polar surface area (TPSA) is 143 Å². The molecule has 29 heavy (non-hydrogen) atoms. The highest BCUT2D eigenvalue weighted by Gasteiger charge is 2.33. The maximum absolute atomic E-state index is 14.4. The smallest absolute Gasteiger partial charge is 0.323 e. The molecule has 0 amide bonds. The van der Waals surface area contributed by atoms with Crippen LogP contribution < -0.4 is 10.8 Å². The Morgan fingerprint density at radius 1 is 1.48 bits per heavy atom. The van der Waals surface area contributed by atoms with Crippen LogP contribution in [0.5, 0.6) is 0 Å². The standard InChI is InChI=1S/C16H22FN6O5P/c1-4-26-16(24)9(2)22-29(3,25)8-27-11-5-10(17)15(28-11)23-7-21-12-13(18)19-6-20-14(12)23/h5-7,9,11,15H,4,8H2,1-3H3,(H,22,25)(H2,18,19,20)/t9-,11-,15+,29+/m0/s1. The zero-order valence-electron chi connectivity index (χ0n) is 16.1. The largest absolute Gasteiger partial charge is 0.465 e. The Bertz CT molecular complexity index is 982. The number of aromatic nitrogens is 4. The van der Waals surface area contributed by atoms with Crippen LogP contribution in [0, 0.1) is 0 Å². The summed E-state index contributed by atoms with van der Waals surface area (Å²) in [5.41, 5.74) is 6.36. The average Bonchev–Trinajstić information content (AvgIpc) is 3.24. The zero-order chi connectivity index (χ0) is 21.2. The monoisotopic (exact) mass is 428 g/mol. The van der Waals surface area contributed by atoms with E-state index in [2.05, 4.69) is 20.0 Å². The molecule has 0 saturated carbocycles. The Kier molecular flexibility index (Phi) is 6.27. The van der Waals surface area contributed by atoms with Gasteiger partial charge < -0.3 is 24.5 Å². The van der Waals surface area contributed by atoms with Gasteiger partial charge in [-0.3, -0.25) is 14.4 Å². The Morgan fingerprint density at radius 2 is 2.24 bits per heavy atom. The van der Waals surface area contributed by atoms with Crippen LogP contribution in [-0.4, -0.2) is 57.4 Å². The molecular formula is C16H22FN6O5P. The molecule has 0 aromatic carbocycles. The lowest BCUT2D eigenvalue weighted by atomic mass is 10.4. The summed E-state index contributed by atoms with van der Waals surface area (Å²) < 4.78 is 44.3. The molecule has 0 fully saturated rings. The number of hydrogen-bond acceptors (Lipinski definition) is 9. The van der Waals surface area contributed by atoms with Gasteiger partial charge in [-0.25, -0.2) is 19.3 Å². The fourth-order valence-corrected chi connectivity index (χ4v) is 4.18. The van der Waals surface area contributed by atoms with Crippen LogP contribution in [0.15, 0.2) is 24.6 Å². The normalized spacial score (nSPS) is 22.3. The number of ether oxygens (including phenoxy) is 3. The van der Waals surface area contributed by atoms with E-state index < -0.39 is 37.6 Å². The highest BCUT2D eigenvalue weighted by Crippen LogP contribution is 2.39. The van der Waals surface area contributed by atoms with Crippen LogP contribution in [0.3, 0.4) is 0 Å². The van der Waals surface area contributed by atoms with Gasteiger partial charge in [0, 0.05) is 12.7 Å². The van der Waals surface area contributed by atoms with Crippen molar-refractivity contribution in [2.24, 2.45) is 0 Å². The average molecular weight is 428 g/mol. The summed E-state index contributed by atoms with van der Waals surface area (Å²) in [6.45, 7) is 4.85. The SMILES string of the molecule is CCOC(=O)[C@H](C)N[P@](C)(=O)CO[C@@H]1C=C(F)[C@H](n2cnc3c(N)ncnc32)O1. The maximum Gasteiger partial charge on any atom is 0.323 e. The van der Waals surface area contributed by atoms with Gasteiger partial charge in [-0.1, -0.05) is 0 Å². The van der Waals surface area contributed by atoms with E-state index in [4.69, 9.17) is 19.9 Å². The minimum atomic E-state index is -3.08. The first kappa shape index (κ1) is 21.3. The van der Waals surface area contributed by atoms with Gasteiger partial charge in [0.25, 0.3) is 0 Å². The van der Waals surface area contributed by atoms with Gasteiger partial charge >= 0.3 is 5.97 Å². The number of nitrogen functional groups attached to an aromatic ring is 1. The Balaban J connectivity index is 1.62. The molecule has 4 atom stereocenters. The Morgan fingerprint density at radius 3 is 2.97 bits per heavy atom. The number of esters is 1. The molecule has 11 nitrogen and oxygen atoms in total. The quantitative estimate of drug-likeness (QED) is 0.469. The first-order valence-corrected chi connectivity index (χ1v) is 11.1. The number of anilines is 1. The summed E-state index contributed by atoms with van der Waals surface area (Å²) in [5.74, 6) is -0.978. The van der Waals surface area contributed by atoms with Gasteiger partial charge in [-0.2, -0.15) is 0 Å². The minimum Gasteiger partial charge on any atom is -0.465 e. The van der Waals surface area contributed by atoms with Gasteiger partial charge in [-0.05, 0) is 13.8 Å². The molecule has 0 spiro atoms. The summed E-state index contributed by atoms with van der Waals surface area (Å²) in [7, 11) is -3.08. The molecule has 2 aromatic heterocycles. The molecule has 0 saturated heterocycles. The van der Waals surface area contributed by atoms with E-state index in [1.54, 1.807) is 6.92 Å². The van der Waals surface area contributed by atoms with Gasteiger partial charge in [-0.15, -0.1) is 0 Å². The molecule has 1 aliphatic rings. The van der Waals surface area contributed by atoms with Crippen molar-refractivity contribution in [1.82, 2.24) is 24.6 Å². The lowest BCUT2D eigenvalue weighted by Crippen LogP contribution is -2.34. The summed E-state index contributed by atoms with van der Waals surface area (Å²) in [6, 6.07) is -0.777. The third-order valence-corrected chi connectivity index (χ3v) is 5.60. The van der Waals surface area contributed by atoms with Gasteiger partial charge in [0.15, 0.2) is 37.1 Å². The van der Waals surface area contributed by atoms with E-state index in [9.17, 15) is 13.8 Å². The number of imidazole rings is 1. The second kappa shape index (κ2) is 8.54. The molecule has 3 heterocycles. The summed E-state index contributed by atoms with van der Waals surface area (Å²) in [6.07, 6.45) is 1.19. The number of carbonyl (C=O) groups excluding carboxylic acids is 1. The van der Waals surface area contributed by atoms with Gasteiger partial charge in [0.05, 0.1) is 12.9 Å². The number of nitrogens with one attached hydrogen (secondary N) is 1. The molecular weight excluding hydrogens is 406 g/mol. The van der Waals surface area contributed by atoms with E-state index in [-0.39, 0.29) is 18.8 Å². The molecule has 2 aromatic rings. The molecule has 3 N–H and O–H groups in total. The Hall–Kier alpha value is -2.40. The van der Waals surface area contributed by atoms with E-state index in [1.807, 2.05) is 0 Å². The molecule has 0 aliphatic carbocycles. The van der Waals surface area contributed by atoms with Crippen molar-refractivity contribution in [3.63, 3.8) is 0 Å². The lowest BCUT2D eigenvalue weighted by Gasteiger charge is -2.21. The summed E-state index contributed by atoms with van der Waals surface area (Å²) in [4.78, 5) is 23.6. The van der Waals surface area contributed by atoms with Crippen molar-refractivity contribution >= 4 is 30.2 Å². The lowest BCUT2D eigenvalue weighted by molar-refractivity contribution is -0.144. The van der Waals surface area contributed by atoms with E-state index in [0.717, 1.165) is 6.08 Å². The van der Waals surface area contributed by atoms with Crippen molar-refractivity contribution in [1.29, 1.82) is 0 Å². The minimum absolute atomic E-state index is 0.164. The van der Waals surface area contributed by atoms with E-state index >= 15 is 0 Å². The van der Waals surface area contributed by atoms with Gasteiger partial charge in [0.2, 0.25) is 0 Å². The van der Waals surface area contributed by atoms with Crippen LogP contribution in [-0.2, 0) is 23.6 Å². The number of fused-ring (bicyclic) bond motifs is 1. The number of halogens is 1. The molecule has 0 unspecified atom stereocenters. The first-order chi connectivity index (χ1) is 13.7. The molecule has 1 aliphatic heterocycles. The molecule has 0 radical (unpaired) electrons. The van der Waals surface area contributed by atoms with Crippen LogP contribution in [0.2, 0.25) is 0 Å². The Labute approximate surface area is 165 Å². The van der Waals surface area contributed by atoms with Crippen LogP contribution in [0.1, 0.15) is 20.1 Å². The highest BCUT2D eigenvalue weighted by atomic mass is 31.2. The van der Waals surface area contributed by atoms with Crippen LogP contribution in [0.25, 0.3) is 11.2 Å². The number of hydrogen-bond donors (Lipinski definition) is 2. The van der Waals surface area contributed by atoms with Crippen molar-refractivity contribution in [2.75, 3.05) is 25.4 Å². The van der Waals surface area contributed by atoms with Crippen molar-refractivity contribution < 1.29 is 28.0 Å². The second-order valence-corrected chi connectivity index (χ2v) is 9.21. The van der Waals surface area contributed by atoms with E-state index in [1.165, 1.54) is 30.8 Å². The highest BCUT2D eigenvalue weighted by molar-refractivity contribution is 7.60. The fraction of sp³-hybridized carbons (Fsp3) is 0.500. The zero-order valence-corrected chi connectivity index (χ0v) is 17.0. The number of rotatable bonds is 8. The van der Waals surface area contributed by atoms with Crippen LogP contribution >= 0.6 is 7.29 Å². The second-order valence-electron chi connectivity index (χ2n) is 6.49. The molecule has 158 valence electrons. The van der Waals surface area contributed by atoms with Crippen molar-refractivity contribution in [2.45, 2.75) is 32.4 Å². The number of nitrogens with zero attached hydrogens (tertiary/aromatic N) is 4. The predicted molar refractivity (Wildman–Crippen MR) is 102 cm³/mol. The third-order valence-electron chi connectivity index (χ3n) is 4.03. The molecule has 3 rings (SSSR count). The predicted octanol–water partition coefficient (Wildman–Crippen LogP) is 1.54. The summed E-state index contributed by atoms with van der Waals surface area (Å²) in [5, 5.41) is 2.69. The number of nitrogens with two attached hydrogens (primary N) is 1. The molecule has 13 heteroatoms. The van der Waals surface area contributed by atoms with Crippen molar-refractivity contribution in [3.05, 3.63) is 24.6 Å². The van der Waals surface area contributed by atoms with Crippen LogP contribution in [0.4, 0.5) is 10.2 Å². The van der Waals surface area contributed by atoms with Gasteiger partial charge in [0.1, 0.15) is 24.2 Å². The number of carbonyl (C=O) groups is 1. The summed E-state index contributed by atoms with van der Waals surface area (Å²) >= 11 is 0. The fourth-order valence-electron chi connectivity index (χ4n) is 2.75. The maximum atomic E-state index is 14.4.